The lowest BCUT2D eigenvalue weighted by Crippen LogP contribution is -2.30. The normalized spacial score (nSPS) is 10.6. The predicted molar refractivity (Wildman–Crippen MR) is 79.6 cm³/mol. The van der Waals surface area contributed by atoms with Crippen LogP contribution in [0.4, 0.5) is 0 Å². The Morgan fingerprint density at radius 1 is 0.722 bits per heavy atom. The fourth-order valence-electron chi connectivity index (χ4n) is 1.83. The molecule has 1 nitrogen and oxygen atoms in total. The summed E-state index contributed by atoms with van der Waals surface area (Å²) in [6.07, 6.45) is 0. The Morgan fingerprint density at radius 3 is 1.44 bits per heavy atom. The largest absolute Gasteiger partial charge is 0.435 e. The summed E-state index contributed by atoms with van der Waals surface area (Å²) in [5.74, 6) is 0. The van der Waals surface area contributed by atoms with Gasteiger partial charge in [-0.15, -0.1) is 22.9 Å². The summed E-state index contributed by atoms with van der Waals surface area (Å²) in [5, 5.41) is 0. The van der Waals surface area contributed by atoms with Crippen molar-refractivity contribution in [3.05, 3.63) is 71.8 Å². The summed E-state index contributed by atoms with van der Waals surface area (Å²) in [6.45, 7) is 1.49. The minimum absolute atomic E-state index is 0.509. The van der Waals surface area contributed by atoms with Gasteiger partial charge in [0, 0.05) is 13.1 Å². The van der Waals surface area contributed by atoms with Crippen molar-refractivity contribution >= 4 is 28.6 Å². The van der Waals surface area contributed by atoms with Crippen LogP contribution in [0.1, 0.15) is 11.1 Å². The van der Waals surface area contributed by atoms with Crippen LogP contribution in [0, 0.1) is 0 Å². The fourth-order valence-corrected chi connectivity index (χ4v) is 2.11. The van der Waals surface area contributed by atoms with Crippen LogP contribution in [-0.4, -0.2) is 10.5 Å². The zero-order valence-electron chi connectivity index (χ0n) is 9.97. The van der Waals surface area contributed by atoms with E-state index >= 15 is 0 Å². The smallest absolute Gasteiger partial charge is 0.307 e. The van der Waals surface area contributed by atoms with Crippen LogP contribution in [0.3, 0.4) is 0 Å². The lowest BCUT2D eigenvalue weighted by molar-refractivity contribution is 0.436. The number of nitrogens with zero attached hydrogens (tertiary/aromatic N) is 1. The minimum atomic E-state index is -0.509. The standard InChI is InChI=1S/C14H14BCl2N/c16-15(17)18(11-13-7-3-1-4-8-13)12-14-9-5-2-6-10-14/h1-10H,11-12H2. The molecule has 0 radical (unpaired) electrons. The van der Waals surface area contributed by atoms with E-state index in [2.05, 4.69) is 24.3 Å². The van der Waals surface area contributed by atoms with Crippen molar-refractivity contribution in [1.82, 2.24) is 4.81 Å². The Bertz CT molecular complexity index is 420. The van der Waals surface area contributed by atoms with Gasteiger partial charge in [0.2, 0.25) is 0 Å². The quantitative estimate of drug-likeness (QED) is 0.742. The van der Waals surface area contributed by atoms with Gasteiger partial charge in [-0.2, -0.15) is 0 Å². The molecule has 0 heterocycles. The first-order chi connectivity index (χ1) is 8.75. The topological polar surface area (TPSA) is 3.24 Å². The van der Waals surface area contributed by atoms with Gasteiger partial charge >= 0.3 is 5.68 Å². The Labute approximate surface area is 118 Å². The zero-order valence-corrected chi connectivity index (χ0v) is 11.5. The van der Waals surface area contributed by atoms with E-state index in [1.807, 2.05) is 41.2 Å². The molecule has 18 heavy (non-hydrogen) atoms. The summed E-state index contributed by atoms with van der Waals surface area (Å²) >= 11 is 12.1. The Kier molecular flexibility index (Phi) is 5.12. The highest BCUT2D eigenvalue weighted by molar-refractivity contribution is 7.32. The Morgan fingerprint density at radius 2 is 1.11 bits per heavy atom. The number of halogens is 2. The van der Waals surface area contributed by atoms with Crippen LogP contribution in [0.2, 0.25) is 0 Å². The van der Waals surface area contributed by atoms with Crippen molar-refractivity contribution in [2.24, 2.45) is 0 Å². The second kappa shape index (κ2) is 6.84. The van der Waals surface area contributed by atoms with Gasteiger partial charge < -0.3 is 4.81 Å². The van der Waals surface area contributed by atoms with Crippen LogP contribution in [-0.2, 0) is 13.1 Å². The first-order valence-electron chi connectivity index (χ1n) is 5.86. The highest BCUT2D eigenvalue weighted by atomic mass is 35.5. The average Bonchev–Trinajstić information content (AvgIpc) is 2.40. The minimum Gasteiger partial charge on any atom is -0.307 e. The maximum absolute atomic E-state index is 6.03. The lowest BCUT2D eigenvalue weighted by Gasteiger charge is -2.21. The highest BCUT2D eigenvalue weighted by Gasteiger charge is 2.18. The van der Waals surface area contributed by atoms with Gasteiger partial charge in [-0.1, -0.05) is 60.7 Å². The molecule has 0 aliphatic heterocycles. The second-order valence-electron chi connectivity index (χ2n) is 4.15. The van der Waals surface area contributed by atoms with Crippen LogP contribution in [0.25, 0.3) is 0 Å². The molecule has 0 spiro atoms. The van der Waals surface area contributed by atoms with Gasteiger partial charge in [0.1, 0.15) is 0 Å². The molecule has 4 heteroatoms. The molecule has 0 bridgehead atoms. The molecule has 0 aromatic heterocycles. The van der Waals surface area contributed by atoms with Gasteiger partial charge in [0.25, 0.3) is 0 Å². The number of hydrogen-bond donors (Lipinski definition) is 0. The lowest BCUT2D eigenvalue weighted by atomic mass is 10.1. The molecule has 2 rings (SSSR count). The van der Waals surface area contributed by atoms with E-state index in [-0.39, 0.29) is 0 Å². The van der Waals surface area contributed by atoms with Crippen molar-refractivity contribution in [2.75, 3.05) is 0 Å². The molecule has 2 aromatic rings. The summed E-state index contributed by atoms with van der Waals surface area (Å²) in [7, 11) is 0. The number of rotatable bonds is 5. The number of benzene rings is 2. The molecule has 0 fully saturated rings. The molecule has 0 unspecified atom stereocenters. The number of hydrogen-bond acceptors (Lipinski definition) is 1. The Balaban J connectivity index is 2.05. The summed E-state index contributed by atoms with van der Waals surface area (Å²) < 4.78 is 0. The molecular formula is C14H14BCl2N. The van der Waals surface area contributed by atoms with Crippen LogP contribution in [0.5, 0.6) is 0 Å². The van der Waals surface area contributed by atoms with E-state index in [9.17, 15) is 0 Å². The maximum atomic E-state index is 6.03. The summed E-state index contributed by atoms with van der Waals surface area (Å²) in [5.41, 5.74) is 1.91. The third-order valence-electron chi connectivity index (χ3n) is 2.73. The van der Waals surface area contributed by atoms with Gasteiger partial charge in [-0.3, -0.25) is 0 Å². The predicted octanol–water partition coefficient (Wildman–Crippen LogP) is 4.15. The molecule has 0 atom stereocenters. The molecule has 0 saturated carbocycles. The van der Waals surface area contributed by atoms with Crippen LogP contribution < -0.4 is 0 Å². The van der Waals surface area contributed by atoms with E-state index in [0.717, 1.165) is 13.1 Å². The fraction of sp³-hybridized carbons (Fsp3) is 0.143. The third kappa shape index (κ3) is 4.06. The molecule has 0 saturated heterocycles. The molecule has 0 aliphatic rings. The summed E-state index contributed by atoms with van der Waals surface area (Å²) in [6, 6.07) is 20.4. The SMILES string of the molecule is ClB(Cl)N(Cc1ccccc1)Cc1ccccc1. The van der Waals surface area contributed by atoms with E-state index < -0.39 is 5.68 Å². The van der Waals surface area contributed by atoms with Crippen molar-refractivity contribution in [3.8, 4) is 0 Å². The molecule has 0 amide bonds. The summed E-state index contributed by atoms with van der Waals surface area (Å²) in [4.78, 5) is 2.02. The van der Waals surface area contributed by atoms with Crippen molar-refractivity contribution in [3.63, 3.8) is 0 Å². The van der Waals surface area contributed by atoms with Gasteiger partial charge in [-0.05, 0) is 11.1 Å². The monoisotopic (exact) mass is 277 g/mol. The third-order valence-corrected chi connectivity index (χ3v) is 3.29. The van der Waals surface area contributed by atoms with Gasteiger partial charge in [0.05, 0.1) is 0 Å². The molecular weight excluding hydrogens is 264 g/mol. The molecule has 0 N–H and O–H groups in total. The van der Waals surface area contributed by atoms with E-state index in [0.29, 0.717) is 0 Å². The molecule has 2 aromatic carbocycles. The molecule has 92 valence electrons. The van der Waals surface area contributed by atoms with Crippen molar-refractivity contribution in [1.29, 1.82) is 0 Å². The van der Waals surface area contributed by atoms with Crippen molar-refractivity contribution < 1.29 is 0 Å². The first-order valence-corrected chi connectivity index (χ1v) is 6.73. The zero-order chi connectivity index (χ0) is 12.8. The van der Waals surface area contributed by atoms with E-state index in [1.54, 1.807) is 0 Å². The van der Waals surface area contributed by atoms with Crippen LogP contribution >= 0.6 is 22.9 Å². The second-order valence-corrected chi connectivity index (χ2v) is 5.20. The first kappa shape index (κ1) is 13.5. The Hall–Kier alpha value is -0.955. The maximum Gasteiger partial charge on any atom is 0.435 e. The van der Waals surface area contributed by atoms with Crippen molar-refractivity contribution in [2.45, 2.75) is 13.1 Å². The van der Waals surface area contributed by atoms with E-state index in [1.165, 1.54) is 11.1 Å². The highest BCUT2D eigenvalue weighted by Crippen LogP contribution is 2.15. The van der Waals surface area contributed by atoms with Gasteiger partial charge in [-0.25, -0.2) is 0 Å². The van der Waals surface area contributed by atoms with E-state index in [4.69, 9.17) is 22.9 Å². The van der Waals surface area contributed by atoms with Crippen LogP contribution in [0.15, 0.2) is 60.7 Å². The molecule has 0 aliphatic carbocycles. The van der Waals surface area contributed by atoms with Gasteiger partial charge in [0.15, 0.2) is 0 Å². The average molecular weight is 278 g/mol.